The van der Waals surface area contributed by atoms with Crippen LogP contribution in [0.25, 0.3) is 0 Å². The van der Waals surface area contributed by atoms with Gasteiger partial charge in [-0.2, -0.15) is 0 Å². The molecule has 128 valence electrons. The van der Waals surface area contributed by atoms with E-state index in [1.807, 2.05) is 25.4 Å². The van der Waals surface area contributed by atoms with Gasteiger partial charge in [0.25, 0.3) is 0 Å². The number of phenolic OH excluding ortho intramolecular Hbond substituents is 1. The summed E-state index contributed by atoms with van der Waals surface area (Å²) in [6.45, 7) is 6.55. The van der Waals surface area contributed by atoms with Crippen LogP contribution < -0.4 is 5.30 Å². The summed E-state index contributed by atoms with van der Waals surface area (Å²) in [4.78, 5) is 4.20. The van der Waals surface area contributed by atoms with Crippen molar-refractivity contribution in [3.05, 3.63) is 59.2 Å². The zero-order chi connectivity index (χ0) is 17.6. The molecule has 2 rings (SSSR count). The summed E-state index contributed by atoms with van der Waals surface area (Å²) >= 11 is 0. The normalized spacial score (nSPS) is 14.5. The van der Waals surface area contributed by atoms with E-state index in [-0.39, 0.29) is 5.16 Å². The number of benzene rings is 2. The standard InChI is InChI=1S/C21H28NOP/c1-5-13-21(6-2,18-14-16(3)11-12-19(18)23)24-20-10-8-7-9-17(20)15-22-4/h7-12,14-15,23-24H,5-6,13H2,1-4H3. The number of phenols is 1. The molecule has 2 atom stereocenters. The van der Waals surface area contributed by atoms with E-state index in [2.05, 4.69) is 56.1 Å². The van der Waals surface area contributed by atoms with Crippen molar-refractivity contribution < 1.29 is 5.11 Å². The van der Waals surface area contributed by atoms with Crippen LogP contribution in [0.5, 0.6) is 5.75 Å². The van der Waals surface area contributed by atoms with Crippen molar-refractivity contribution in [2.45, 2.75) is 45.2 Å². The van der Waals surface area contributed by atoms with Crippen LogP contribution in [0.3, 0.4) is 0 Å². The Balaban J connectivity index is 2.55. The first kappa shape index (κ1) is 18.7. The highest BCUT2D eigenvalue weighted by Crippen LogP contribution is 2.50. The number of hydrogen-bond donors (Lipinski definition) is 1. The molecular weight excluding hydrogens is 313 g/mol. The fourth-order valence-electron chi connectivity index (χ4n) is 3.30. The second-order valence-electron chi connectivity index (χ2n) is 6.31. The molecule has 0 aliphatic carbocycles. The first-order valence-corrected chi connectivity index (χ1v) is 9.65. The Labute approximate surface area is 147 Å². The van der Waals surface area contributed by atoms with Gasteiger partial charge in [-0.15, -0.1) is 0 Å². The molecule has 0 spiro atoms. The molecule has 3 heteroatoms. The molecule has 0 amide bonds. The van der Waals surface area contributed by atoms with Crippen LogP contribution in [0.2, 0.25) is 0 Å². The molecule has 2 nitrogen and oxygen atoms in total. The Morgan fingerprint density at radius 3 is 2.58 bits per heavy atom. The number of hydrogen-bond acceptors (Lipinski definition) is 2. The summed E-state index contributed by atoms with van der Waals surface area (Å²) in [6, 6.07) is 14.5. The molecule has 24 heavy (non-hydrogen) atoms. The van der Waals surface area contributed by atoms with Gasteiger partial charge in [-0.1, -0.05) is 70.8 Å². The third kappa shape index (κ3) is 4.05. The predicted molar refractivity (Wildman–Crippen MR) is 108 cm³/mol. The SMILES string of the molecule is CCCC(CC)(Pc1ccccc1C=NC)c1cc(C)ccc1O. The molecule has 0 aromatic heterocycles. The fourth-order valence-corrected chi connectivity index (χ4v) is 5.17. The molecule has 0 bridgehead atoms. The van der Waals surface area contributed by atoms with Crippen molar-refractivity contribution in [1.29, 1.82) is 0 Å². The maximum absolute atomic E-state index is 10.6. The monoisotopic (exact) mass is 341 g/mol. The second kappa shape index (κ2) is 8.44. The van der Waals surface area contributed by atoms with E-state index in [4.69, 9.17) is 0 Å². The second-order valence-corrected chi connectivity index (χ2v) is 8.05. The van der Waals surface area contributed by atoms with Crippen molar-refractivity contribution in [2.24, 2.45) is 4.99 Å². The first-order chi connectivity index (χ1) is 11.6. The molecular formula is C21H28NOP. The lowest BCUT2D eigenvalue weighted by molar-refractivity contribution is 0.442. The van der Waals surface area contributed by atoms with Crippen LogP contribution in [-0.2, 0) is 5.16 Å². The van der Waals surface area contributed by atoms with E-state index in [1.54, 1.807) is 0 Å². The Morgan fingerprint density at radius 2 is 1.92 bits per heavy atom. The lowest BCUT2D eigenvalue weighted by Crippen LogP contribution is -2.24. The van der Waals surface area contributed by atoms with Gasteiger partial charge in [0.2, 0.25) is 0 Å². The number of rotatable bonds is 7. The Morgan fingerprint density at radius 1 is 1.17 bits per heavy atom. The van der Waals surface area contributed by atoms with E-state index < -0.39 is 0 Å². The van der Waals surface area contributed by atoms with Crippen LogP contribution in [0.15, 0.2) is 47.5 Å². The fraction of sp³-hybridized carbons (Fsp3) is 0.381. The maximum Gasteiger partial charge on any atom is 0.119 e. The summed E-state index contributed by atoms with van der Waals surface area (Å²) in [7, 11) is 2.41. The van der Waals surface area contributed by atoms with E-state index >= 15 is 0 Å². The van der Waals surface area contributed by atoms with Gasteiger partial charge in [0.05, 0.1) is 0 Å². The van der Waals surface area contributed by atoms with Crippen molar-refractivity contribution >= 4 is 20.1 Å². The Kier molecular flexibility index (Phi) is 6.57. The largest absolute Gasteiger partial charge is 0.508 e. The van der Waals surface area contributed by atoms with Crippen molar-refractivity contribution in [2.75, 3.05) is 7.05 Å². The van der Waals surface area contributed by atoms with Gasteiger partial charge < -0.3 is 5.11 Å². The average Bonchev–Trinajstić information content (AvgIpc) is 2.58. The van der Waals surface area contributed by atoms with Gasteiger partial charge in [0.15, 0.2) is 0 Å². The number of nitrogens with zero attached hydrogens (tertiary/aromatic N) is 1. The molecule has 2 aromatic carbocycles. The van der Waals surface area contributed by atoms with Crippen molar-refractivity contribution in [3.8, 4) is 5.75 Å². The maximum atomic E-state index is 10.6. The lowest BCUT2D eigenvalue weighted by Gasteiger charge is -2.35. The molecule has 0 saturated carbocycles. The van der Waals surface area contributed by atoms with Gasteiger partial charge in [-0.3, -0.25) is 4.99 Å². The number of aromatic hydroxyl groups is 1. The van der Waals surface area contributed by atoms with Crippen LogP contribution in [0.1, 0.15) is 49.8 Å². The zero-order valence-corrected chi connectivity index (χ0v) is 16.1. The van der Waals surface area contributed by atoms with E-state index in [0.29, 0.717) is 14.3 Å². The molecule has 2 aromatic rings. The van der Waals surface area contributed by atoms with Crippen molar-refractivity contribution in [3.63, 3.8) is 0 Å². The number of aliphatic imine (C=N–C) groups is 1. The molecule has 0 saturated heterocycles. The first-order valence-electron chi connectivity index (χ1n) is 8.65. The van der Waals surface area contributed by atoms with Gasteiger partial charge in [-0.05, 0) is 36.7 Å². The lowest BCUT2D eigenvalue weighted by atomic mass is 9.89. The molecule has 0 radical (unpaired) electrons. The zero-order valence-electron chi connectivity index (χ0n) is 15.1. The topological polar surface area (TPSA) is 32.6 Å². The molecule has 0 aliphatic heterocycles. The molecule has 0 aliphatic rings. The summed E-state index contributed by atoms with van der Waals surface area (Å²) in [6.07, 6.45) is 5.10. The molecule has 2 unspecified atom stereocenters. The smallest absolute Gasteiger partial charge is 0.119 e. The minimum atomic E-state index is -0.0253. The molecule has 1 N–H and O–H groups in total. The van der Waals surface area contributed by atoms with Crippen LogP contribution in [0, 0.1) is 6.92 Å². The summed E-state index contributed by atoms with van der Waals surface area (Å²) in [5.41, 5.74) is 3.47. The third-order valence-electron chi connectivity index (χ3n) is 4.55. The van der Waals surface area contributed by atoms with E-state index in [1.165, 1.54) is 16.4 Å². The third-order valence-corrected chi connectivity index (χ3v) is 6.63. The Hall–Kier alpha value is -1.66. The average molecular weight is 341 g/mol. The molecule has 0 fully saturated rings. The number of aryl methyl sites for hydroxylation is 1. The van der Waals surface area contributed by atoms with E-state index in [9.17, 15) is 5.11 Å². The van der Waals surface area contributed by atoms with Gasteiger partial charge in [0.1, 0.15) is 5.75 Å². The summed E-state index contributed by atoms with van der Waals surface area (Å²) in [5.74, 6) is 0.421. The van der Waals surface area contributed by atoms with Crippen LogP contribution in [-0.4, -0.2) is 18.4 Å². The van der Waals surface area contributed by atoms with Crippen molar-refractivity contribution in [1.82, 2.24) is 0 Å². The summed E-state index contributed by atoms with van der Waals surface area (Å²) in [5, 5.41) is 11.9. The molecule has 0 heterocycles. The highest BCUT2D eigenvalue weighted by Gasteiger charge is 2.33. The summed E-state index contributed by atoms with van der Waals surface area (Å²) < 4.78 is 0. The van der Waals surface area contributed by atoms with Gasteiger partial charge >= 0.3 is 0 Å². The van der Waals surface area contributed by atoms with E-state index in [0.717, 1.165) is 24.8 Å². The van der Waals surface area contributed by atoms with Gasteiger partial charge in [-0.25, -0.2) is 0 Å². The minimum absolute atomic E-state index is 0.0253. The highest BCUT2D eigenvalue weighted by atomic mass is 31.1. The minimum Gasteiger partial charge on any atom is -0.508 e. The van der Waals surface area contributed by atoms with Crippen LogP contribution in [0.4, 0.5) is 0 Å². The highest BCUT2D eigenvalue weighted by molar-refractivity contribution is 7.48. The Bertz CT molecular complexity index is 711. The predicted octanol–water partition coefficient (Wildman–Crippen LogP) is 5.16. The van der Waals surface area contributed by atoms with Crippen LogP contribution >= 0.6 is 8.58 Å². The van der Waals surface area contributed by atoms with Gasteiger partial charge in [0, 0.05) is 24.0 Å². The quantitative estimate of drug-likeness (QED) is 0.548.